The maximum Gasteiger partial charge on any atom is 0.275 e. The summed E-state index contributed by atoms with van der Waals surface area (Å²) in [5.41, 5.74) is 0.958. The number of carbonyl (C=O) groups is 2. The summed E-state index contributed by atoms with van der Waals surface area (Å²) in [5, 5.41) is 8.08. The predicted molar refractivity (Wildman–Crippen MR) is 82.9 cm³/mol. The molecule has 23 heavy (non-hydrogen) atoms. The Morgan fingerprint density at radius 3 is 3.00 bits per heavy atom. The maximum atomic E-state index is 12.9. The van der Waals surface area contributed by atoms with Crippen molar-refractivity contribution in [1.29, 1.82) is 0 Å². The molecule has 0 saturated carbocycles. The molecule has 2 aliphatic heterocycles. The van der Waals surface area contributed by atoms with Gasteiger partial charge in [-0.3, -0.25) is 14.3 Å². The smallest absolute Gasteiger partial charge is 0.275 e. The number of hydrogen-bond donors (Lipinski definition) is 1. The van der Waals surface area contributed by atoms with Gasteiger partial charge in [-0.25, -0.2) is 0 Å². The first-order valence-electron chi connectivity index (χ1n) is 7.70. The molecule has 0 aliphatic carbocycles. The molecule has 2 aliphatic rings. The van der Waals surface area contributed by atoms with E-state index in [1.165, 1.54) is 0 Å². The monoisotopic (exact) mass is 314 g/mol. The van der Waals surface area contributed by atoms with Crippen LogP contribution in [0.2, 0.25) is 0 Å². The second-order valence-corrected chi connectivity index (χ2v) is 6.21. The Balaban J connectivity index is 1.59. The number of morpholine rings is 1. The van der Waals surface area contributed by atoms with Gasteiger partial charge >= 0.3 is 0 Å². The zero-order valence-electron chi connectivity index (χ0n) is 12.9. The standard InChI is InChI=1S/C16H18N4O3/c1-19-12-5-3-2-4-11(12)14(18-19)15(22)20-7-6-16(10-20)9-17-13(21)8-23-16/h2-5H,6-10H2,1H3,(H,17,21). The van der Waals surface area contributed by atoms with Crippen LogP contribution >= 0.6 is 0 Å². The van der Waals surface area contributed by atoms with Gasteiger partial charge in [-0.15, -0.1) is 0 Å². The van der Waals surface area contributed by atoms with Crippen LogP contribution < -0.4 is 5.32 Å². The lowest BCUT2D eigenvalue weighted by molar-refractivity contribution is -0.141. The summed E-state index contributed by atoms with van der Waals surface area (Å²) in [7, 11) is 1.84. The number of fused-ring (bicyclic) bond motifs is 1. The average molecular weight is 314 g/mol. The van der Waals surface area contributed by atoms with E-state index in [-0.39, 0.29) is 18.4 Å². The summed E-state index contributed by atoms with van der Waals surface area (Å²) in [5.74, 6) is -0.185. The van der Waals surface area contributed by atoms with Gasteiger partial charge in [0, 0.05) is 25.5 Å². The summed E-state index contributed by atoms with van der Waals surface area (Å²) in [6, 6.07) is 7.71. The van der Waals surface area contributed by atoms with Gasteiger partial charge in [0.2, 0.25) is 5.91 Å². The predicted octanol–water partition coefficient (Wildman–Crippen LogP) is 0.304. The fourth-order valence-corrected chi connectivity index (χ4v) is 3.38. The minimum atomic E-state index is -0.450. The molecule has 1 N–H and O–H groups in total. The lowest BCUT2D eigenvalue weighted by atomic mass is 10.0. The van der Waals surface area contributed by atoms with Crippen LogP contribution in [-0.2, 0) is 16.6 Å². The van der Waals surface area contributed by atoms with Crippen LogP contribution in [0, 0.1) is 0 Å². The molecule has 2 fully saturated rings. The van der Waals surface area contributed by atoms with Crippen LogP contribution in [0.25, 0.3) is 10.9 Å². The number of likely N-dealkylation sites (tertiary alicyclic amines) is 1. The highest BCUT2D eigenvalue weighted by molar-refractivity contribution is 6.05. The third kappa shape index (κ3) is 2.28. The number of para-hydroxylation sites is 1. The molecule has 1 spiro atoms. The van der Waals surface area contributed by atoms with E-state index in [1.807, 2.05) is 31.3 Å². The number of nitrogens with one attached hydrogen (secondary N) is 1. The van der Waals surface area contributed by atoms with Gasteiger partial charge in [-0.2, -0.15) is 5.10 Å². The van der Waals surface area contributed by atoms with E-state index in [9.17, 15) is 9.59 Å². The van der Waals surface area contributed by atoms with E-state index in [4.69, 9.17) is 4.74 Å². The van der Waals surface area contributed by atoms with Gasteiger partial charge in [0.05, 0.1) is 12.1 Å². The highest BCUT2D eigenvalue weighted by atomic mass is 16.5. The Kier molecular flexibility index (Phi) is 3.12. The Morgan fingerprint density at radius 2 is 2.22 bits per heavy atom. The summed E-state index contributed by atoms with van der Waals surface area (Å²) >= 11 is 0. The van der Waals surface area contributed by atoms with Crippen molar-refractivity contribution in [1.82, 2.24) is 20.0 Å². The number of carbonyl (C=O) groups excluding carboxylic acids is 2. The average Bonchev–Trinajstić information content (AvgIpc) is 3.13. The fraction of sp³-hybridized carbons (Fsp3) is 0.438. The number of aromatic nitrogens is 2. The first kappa shape index (κ1) is 14.2. The van der Waals surface area contributed by atoms with Crippen molar-refractivity contribution in [2.45, 2.75) is 12.0 Å². The number of nitrogens with zero attached hydrogens (tertiary/aromatic N) is 3. The molecule has 7 heteroatoms. The second kappa shape index (κ2) is 5.06. The third-order valence-corrected chi connectivity index (χ3v) is 4.68. The molecule has 1 atom stereocenters. The SMILES string of the molecule is Cn1nc(C(=O)N2CCC3(CNC(=O)CO3)C2)c2ccccc21. The molecule has 3 heterocycles. The second-order valence-electron chi connectivity index (χ2n) is 6.21. The van der Waals surface area contributed by atoms with Crippen molar-refractivity contribution >= 4 is 22.7 Å². The van der Waals surface area contributed by atoms with Crippen LogP contribution in [0.5, 0.6) is 0 Å². The van der Waals surface area contributed by atoms with Crippen molar-refractivity contribution in [3.05, 3.63) is 30.0 Å². The molecule has 1 aromatic carbocycles. The topological polar surface area (TPSA) is 76.5 Å². The molecule has 2 aromatic rings. The van der Waals surface area contributed by atoms with Gasteiger partial charge in [-0.1, -0.05) is 18.2 Å². The van der Waals surface area contributed by atoms with Crippen molar-refractivity contribution in [2.75, 3.05) is 26.2 Å². The van der Waals surface area contributed by atoms with Crippen LogP contribution in [0.4, 0.5) is 0 Å². The van der Waals surface area contributed by atoms with E-state index in [0.29, 0.717) is 25.3 Å². The summed E-state index contributed by atoms with van der Waals surface area (Å²) in [4.78, 5) is 25.9. The first-order chi connectivity index (χ1) is 11.1. The largest absolute Gasteiger partial charge is 0.361 e. The Labute approximate surface area is 133 Å². The van der Waals surface area contributed by atoms with Crippen molar-refractivity contribution in [3.8, 4) is 0 Å². The van der Waals surface area contributed by atoms with Gasteiger partial charge in [0.1, 0.15) is 12.2 Å². The van der Waals surface area contributed by atoms with Gasteiger partial charge in [0.25, 0.3) is 5.91 Å². The molecule has 0 bridgehead atoms. The Bertz CT molecular complexity index is 788. The summed E-state index contributed by atoms with van der Waals surface area (Å²) in [6.45, 7) is 1.61. The molecule has 120 valence electrons. The normalized spacial score (nSPS) is 24.4. The lowest BCUT2D eigenvalue weighted by Crippen LogP contribution is -2.54. The number of aryl methyl sites for hydroxylation is 1. The maximum absolute atomic E-state index is 12.9. The van der Waals surface area contributed by atoms with E-state index in [2.05, 4.69) is 10.4 Å². The van der Waals surface area contributed by atoms with Crippen LogP contribution in [-0.4, -0.2) is 58.3 Å². The summed E-state index contributed by atoms with van der Waals surface area (Å²) < 4.78 is 7.44. The van der Waals surface area contributed by atoms with E-state index < -0.39 is 5.60 Å². The van der Waals surface area contributed by atoms with Gasteiger partial charge in [-0.05, 0) is 12.5 Å². The van der Waals surface area contributed by atoms with Crippen molar-refractivity contribution in [2.24, 2.45) is 7.05 Å². The highest BCUT2D eigenvalue weighted by Gasteiger charge is 2.44. The van der Waals surface area contributed by atoms with E-state index >= 15 is 0 Å². The van der Waals surface area contributed by atoms with E-state index in [1.54, 1.807) is 9.58 Å². The quantitative estimate of drug-likeness (QED) is 0.821. The van der Waals surface area contributed by atoms with Crippen LogP contribution in [0.15, 0.2) is 24.3 Å². The Morgan fingerprint density at radius 1 is 1.39 bits per heavy atom. The first-order valence-corrected chi connectivity index (χ1v) is 7.70. The third-order valence-electron chi connectivity index (χ3n) is 4.68. The molecule has 2 amide bonds. The van der Waals surface area contributed by atoms with E-state index in [0.717, 1.165) is 17.3 Å². The molecule has 1 aromatic heterocycles. The minimum Gasteiger partial charge on any atom is -0.361 e. The molecular weight excluding hydrogens is 296 g/mol. The number of benzene rings is 1. The number of amides is 2. The number of ether oxygens (including phenoxy) is 1. The van der Waals surface area contributed by atoms with Gasteiger partial charge < -0.3 is 15.0 Å². The highest BCUT2D eigenvalue weighted by Crippen LogP contribution is 2.29. The molecule has 0 radical (unpaired) electrons. The Hall–Kier alpha value is -2.41. The molecule has 2 saturated heterocycles. The van der Waals surface area contributed by atoms with Crippen LogP contribution in [0.1, 0.15) is 16.9 Å². The molecule has 4 rings (SSSR count). The lowest BCUT2D eigenvalue weighted by Gasteiger charge is -2.33. The number of hydrogen-bond acceptors (Lipinski definition) is 4. The van der Waals surface area contributed by atoms with Crippen molar-refractivity contribution in [3.63, 3.8) is 0 Å². The molecule has 7 nitrogen and oxygen atoms in total. The van der Waals surface area contributed by atoms with Crippen LogP contribution in [0.3, 0.4) is 0 Å². The zero-order valence-corrected chi connectivity index (χ0v) is 12.9. The fourth-order valence-electron chi connectivity index (χ4n) is 3.38. The molecular formula is C16H18N4O3. The molecule has 1 unspecified atom stereocenters. The number of rotatable bonds is 1. The van der Waals surface area contributed by atoms with Gasteiger partial charge in [0.15, 0.2) is 5.69 Å². The van der Waals surface area contributed by atoms with Crippen molar-refractivity contribution < 1.29 is 14.3 Å². The summed E-state index contributed by atoms with van der Waals surface area (Å²) in [6.07, 6.45) is 0.726. The zero-order chi connectivity index (χ0) is 16.0. The minimum absolute atomic E-state index is 0.0640.